The maximum atomic E-state index is 9.24. The average molecular weight is 259 g/mol. The number of hydrogen-bond acceptors (Lipinski definition) is 4. The predicted octanol–water partition coefficient (Wildman–Crippen LogP) is 2.80. The van der Waals surface area contributed by atoms with Gasteiger partial charge in [0.2, 0.25) is 0 Å². The van der Waals surface area contributed by atoms with Crippen molar-refractivity contribution >= 4 is 5.69 Å². The van der Waals surface area contributed by atoms with Gasteiger partial charge in [-0.3, -0.25) is 4.98 Å². The van der Waals surface area contributed by atoms with Gasteiger partial charge in [-0.05, 0) is 38.2 Å². The van der Waals surface area contributed by atoms with E-state index in [1.54, 1.807) is 0 Å². The highest BCUT2D eigenvalue weighted by molar-refractivity contribution is 5.59. The standard InChI is InChI=1S/C15H21N3O/c1-11-8-14(13(9-16)12(2)18-11)17-10-15(3)4-6-19-7-5-15/h8H,4-7,10H2,1-3H3,(H,17,18). The van der Waals surface area contributed by atoms with Crippen LogP contribution < -0.4 is 5.32 Å². The van der Waals surface area contributed by atoms with Gasteiger partial charge < -0.3 is 10.1 Å². The summed E-state index contributed by atoms with van der Waals surface area (Å²) >= 11 is 0. The quantitative estimate of drug-likeness (QED) is 0.906. The van der Waals surface area contributed by atoms with Gasteiger partial charge in [-0.25, -0.2) is 0 Å². The molecule has 1 aliphatic rings. The first kappa shape index (κ1) is 13.8. The zero-order valence-electron chi connectivity index (χ0n) is 11.9. The van der Waals surface area contributed by atoms with Gasteiger partial charge in [0.15, 0.2) is 0 Å². The molecule has 1 saturated heterocycles. The molecule has 0 radical (unpaired) electrons. The first-order valence-electron chi connectivity index (χ1n) is 6.74. The Labute approximate surface area is 114 Å². The largest absolute Gasteiger partial charge is 0.383 e. The highest BCUT2D eigenvalue weighted by Gasteiger charge is 2.27. The number of ether oxygens (including phenoxy) is 1. The molecule has 0 amide bonds. The summed E-state index contributed by atoms with van der Waals surface area (Å²) in [6, 6.07) is 4.19. The van der Waals surface area contributed by atoms with E-state index in [0.717, 1.165) is 49.7 Å². The second kappa shape index (κ2) is 5.58. The number of hydrogen-bond donors (Lipinski definition) is 1. The number of aromatic nitrogens is 1. The lowest BCUT2D eigenvalue weighted by Gasteiger charge is -2.34. The number of aryl methyl sites for hydroxylation is 2. The van der Waals surface area contributed by atoms with Crippen molar-refractivity contribution in [2.24, 2.45) is 5.41 Å². The molecular weight excluding hydrogens is 238 g/mol. The molecule has 4 nitrogen and oxygen atoms in total. The first-order chi connectivity index (χ1) is 9.04. The van der Waals surface area contributed by atoms with Crippen LogP contribution in [-0.2, 0) is 4.74 Å². The molecule has 19 heavy (non-hydrogen) atoms. The van der Waals surface area contributed by atoms with Crippen molar-refractivity contribution in [3.05, 3.63) is 23.0 Å². The van der Waals surface area contributed by atoms with E-state index in [-0.39, 0.29) is 5.41 Å². The van der Waals surface area contributed by atoms with Crippen LogP contribution in [0, 0.1) is 30.6 Å². The number of pyridine rings is 1. The Balaban J connectivity index is 2.13. The molecule has 0 spiro atoms. The molecule has 0 bridgehead atoms. The molecule has 0 aromatic carbocycles. The molecule has 102 valence electrons. The lowest BCUT2D eigenvalue weighted by Crippen LogP contribution is -2.33. The fraction of sp³-hybridized carbons (Fsp3) is 0.600. The van der Waals surface area contributed by atoms with E-state index in [0.29, 0.717) is 5.56 Å². The minimum absolute atomic E-state index is 0.246. The number of nitriles is 1. The van der Waals surface area contributed by atoms with Crippen molar-refractivity contribution in [1.82, 2.24) is 4.98 Å². The molecule has 1 aromatic rings. The number of rotatable bonds is 3. The van der Waals surface area contributed by atoms with Gasteiger partial charge in [-0.2, -0.15) is 5.26 Å². The molecule has 4 heteroatoms. The fourth-order valence-corrected chi connectivity index (χ4v) is 2.46. The summed E-state index contributed by atoms with van der Waals surface area (Å²) in [6.07, 6.45) is 2.12. The van der Waals surface area contributed by atoms with Gasteiger partial charge >= 0.3 is 0 Å². The summed E-state index contributed by atoms with van der Waals surface area (Å²) in [5.41, 5.74) is 3.54. The van der Waals surface area contributed by atoms with E-state index in [1.807, 2.05) is 19.9 Å². The summed E-state index contributed by atoms with van der Waals surface area (Å²) in [7, 11) is 0. The van der Waals surface area contributed by atoms with Crippen LogP contribution >= 0.6 is 0 Å². The molecule has 0 unspecified atom stereocenters. The minimum atomic E-state index is 0.246. The van der Waals surface area contributed by atoms with Crippen molar-refractivity contribution < 1.29 is 4.74 Å². The lowest BCUT2D eigenvalue weighted by atomic mass is 9.82. The van der Waals surface area contributed by atoms with Crippen LogP contribution in [-0.4, -0.2) is 24.7 Å². The Hall–Kier alpha value is -1.60. The molecule has 2 heterocycles. The van der Waals surface area contributed by atoms with Crippen molar-refractivity contribution in [2.75, 3.05) is 25.1 Å². The topological polar surface area (TPSA) is 57.9 Å². The molecule has 1 fully saturated rings. The summed E-state index contributed by atoms with van der Waals surface area (Å²) in [5, 5.41) is 12.7. The van der Waals surface area contributed by atoms with Gasteiger partial charge in [0.1, 0.15) is 6.07 Å². The van der Waals surface area contributed by atoms with Crippen molar-refractivity contribution in [3.8, 4) is 6.07 Å². The van der Waals surface area contributed by atoms with E-state index in [2.05, 4.69) is 23.3 Å². The van der Waals surface area contributed by atoms with Crippen molar-refractivity contribution in [2.45, 2.75) is 33.6 Å². The van der Waals surface area contributed by atoms with Gasteiger partial charge in [-0.1, -0.05) is 6.92 Å². The van der Waals surface area contributed by atoms with Crippen LogP contribution in [0.1, 0.15) is 36.7 Å². The highest BCUT2D eigenvalue weighted by Crippen LogP contribution is 2.30. The van der Waals surface area contributed by atoms with Gasteiger partial charge in [0.25, 0.3) is 0 Å². The van der Waals surface area contributed by atoms with Crippen LogP contribution in [0.25, 0.3) is 0 Å². The smallest absolute Gasteiger partial charge is 0.103 e. The van der Waals surface area contributed by atoms with Crippen molar-refractivity contribution in [1.29, 1.82) is 5.26 Å². The Morgan fingerprint density at radius 1 is 1.42 bits per heavy atom. The van der Waals surface area contributed by atoms with Gasteiger partial charge in [0.05, 0.1) is 16.9 Å². The molecule has 1 aromatic heterocycles. The number of nitrogens with zero attached hydrogens (tertiary/aromatic N) is 2. The fourth-order valence-electron chi connectivity index (χ4n) is 2.46. The predicted molar refractivity (Wildman–Crippen MR) is 75.1 cm³/mol. The van der Waals surface area contributed by atoms with Crippen LogP contribution in [0.2, 0.25) is 0 Å². The van der Waals surface area contributed by atoms with Crippen LogP contribution in [0.3, 0.4) is 0 Å². The molecular formula is C15H21N3O. The number of nitrogens with one attached hydrogen (secondary N) is 1. The highest BCUT2D eigenvalue weighted by atomic mass is 16.5. The Morgan fingerprint density at radius 2 is 2.11 bits per heavy atom. The summed E-state index contributed by atoms with van der Waals surface area (Å²) in [5.74, 6) is 0. The van der Waals surface area contributed by atoms with Crippen LogP contribution in [0.5, 0.6) is 0 Å². The zero-order valence-corrected chi connectivity index (χ0v) is 11.9. The van der Waals surface area contributed by atoms with Crippen LogP contribution in [0.15, 0.2) is 6.07 Å². The third-order valence-corrected chi connectivity index (χ3v) is 3.85. The molecule has 1 N–H and O–H groups in total. The second-order valence-electron chi connectivity index (χ2n) is 5.66. The lowest BCUT2D eigenvalue weighted by molar-refractivity contribution is 0.0300. The molecule has 0 saturated carbocycles. The molecule has 1 aliphatic heterocycles. The third-order valence-electron chi connectivity index (χ3n) is 3.85. The average Bonchev–Trinajstić information content (AvgIpc) is 2.37. The SMILES string of the molecule is Cc1cc(NCC2(C)CCOCC2)c(C#N)c(C)n1. The Morgan fingerprint density at radius 3 is 2.74 bits per heavy atom. The van der Waals surface area contributed by atoms with Crippen LogP contribution in [0.4, 0.5) is 5.69 Å². The molecule has 0 atom stereocenters. The van der Waals surface area contributed by atoms with E-state index in [1.165, 1.54) is 0 Å². The molecule has 2 rings (SSSR count). The normalized spacial score (nSPS) is 17.8. The zero-order chi connectivity index (χ0) is 13.9. The summed E-state index contributed by atoms with van der Waals surface area (Å²) < 4.78 is 5.41. The van der Waals surface area contributed by atoms with E-state index < -0.39 is 0 Å². The maximum Gasteiger partial charge on any atom is 0.103 e. The van der Waals surface area contributed by atoms with Gasteiger partial charge in [0, 0.05) is 25.5 Å². The second-order valence-corrected chi connectivity index (χ2v) is 5.66. The summed E-state index contributed by atoms with van der Waals surface area (Å²) in [4.78, 5) is 4.33. The molecule has 0 aliphatic carbocycles. The Kier molecular flexibility index (Phi) is 4.06. The minimum Gasteiger partial charge on any atom is -0.383 e. The maximum absolute atomic E-state index is 9.24. The third kappa shape index (κ3) is 3.24. The van der Waals surface area contributed by atoms with E-state index >= 15 is 0 Å². The monoisotopic (exact) mass is 259 g/mol. The van der Waals surface area contributed by atoms with Crippen molar-refractivity contribution in [3.63, 3.8) is 0 Å². The number of anilines is 1. The van der Waals surface area contributed by atoms with E-state index in [4.69, 9.17) is 4.74 Å². The van der Waals surface area contributed by atoms with E-state index in [9.17, 15) is 5.26 Å². The van der Waals surface area contributed by atoms with Gasteiger partial charge in [-0.15, -0.1) is 0 Å². The first-order valence-corrected chi connectivity index (χ1v) is 6.74. The summed E-state index contributed by atoms with van der Waals surface area (Å²) in [6.45, 7) is 8.64. The Bertz CT molecular complexity index is 499.